The molecule has 1 amide bonds. The van der Waals surface area contributed by atoms with E-state index in [2.05, 4.69) is 5.32 Å². The van der Waals surface area contributed by atoms with E-state index < -0.39 is 0 Å². The minimum atomic E-state index is -0.171. The van der Waals surface area contributed by atoms with Crippen LogP contribution in [0.1, 0.15) is 13.3 Å². The van der Waals surface area contributed by atoms with Crippen molar-refractivity contribution in [3.8, 4) is 6.07 Å². The zero-order chi connectivity index (χ0) is 8.69. The smallest absolute Gasteiger partial charge is 0.224 e. The SMILES string of the molecule is CC(CCl)C(=O)NCCC#N. The third kappa shape index (κ3) is 4.63. The number of carbonyl (C=O) groups is 1. The van der Waals surface area contributed by atoms with Crippen molar-refractivity contribution in [3.63, 3.8) is 0 Å². The van der Waals surface area contributed by atoms with Gasteiger partial charge < -0.3 is 5.32 Å². The van der Waals surface area contributed by atoms with Crippen LogP contribution in [0.15, 0.2) is 0 Å². The van der Waals surface area contributed by atoms with Crippen LogP contribution in [0.4, 0.5) is 0 Å². The van der Waals surface area contributed by atoms with Gasteiger partial charge in [0.25, 0.3) is 0 Å². The molecule has 1 unspecified atom stereocenters. The fourth-order valence-corrected chi connectivity index (χ4v) is 0.626. The Morgan fingerprint density at radius 3 is 2.91 bits per heavy atom. The maximum absolute atomic E-state index is 10.9. The van der Waals surface area contributed by atoms with Gasteiger partial charge in [0.1, 0.15) is 0 Å². The van der Waals surface area contributed by atoms with E-state index in [0.29, 0.717) is 18.8 Å². The van der Waals surface area contributed by atoms with Gasteiger partial charge in [0.05, 0.1) is 12.5 Å². The number of alkyl halides is 1. The van der Waals surface area contributed by atoms with Crippen molar-refractivity contribution in [2.45, 2.75) is 13.3 Å². The molecular formula is C7H11ClN2O. The van der Waals surface area contributed by atoms with Gasteiger partial charge in [0.2, 0.25) is 5.91 Å². The molecule has 0 fully saturated rings. The fourth-order valence-electron chi connectivity index (χ4n) is 0.486. The molecule has 62 valence electrons. The highest BCUT2D eigenvalue weighted by atomic mass is 35.5. The van der Waals surface area contributed by atoms with E-state index in [0.717, 1.165) is 0 Å². The van der Waals surface area contributed by atoms with Gasteiger partial charge in [-0.15, -0.1) is 11.6 Å². The number of halogens is 1. The largest absolute Gasteiger partial charge is 0.355 e. The quantitative estimate of drug-likeness (QED) is 0.509. The van der Waals surface area contributed by atoms with Gasteiger partial charge in [-0.25, -0.2) is 0 Å². The molecule has 1 atom stereocenters. The van der Waals surface area contributed by atoms with Crippen LogP contribution in [0, 0.1) is 17.2 Å². The fraction of sp³-hybridized carbons (Fsp3) is 0.714. The van der Waals surface area contributed by atoms with Crippen LogP contribution in [-0.2, 0) is 4.79 Å². The summed E-state index contributed by atoms with van der Waals surface area (Å²) in [6.45, 7) is 2.16. The van der Waals surface area contributed by atoms with Crippen LogP contribution in [0.25, 0.3) is 0 Å². The predicted octanol–water partition coefficient (Wildman–Crippen LogP) is 0.891. The van der Waals surface area contributed by atoms with Crippen LogP contribution in [-0.4, -0.2) is 18.3 Å². The zero-order valence-electron chi connectivity index (χ0n) is 6.43. The lowest BCUT2D eigenvalue weighted by Crippen LogP contribution is -2.30. The van der Waals surface area contributed by atoms with Gasteiger partial charge in [-0.1, -0.05) is 6.92 Å². The molecule has 11 heavy (non-hydrogen) atoms. The predicted molar refractivity (Wildman–Crippen MR) is 43.1 cm³/mol. The second-order valence-corrected chi connectivity index (χ2v) is 2.56. The highest BCUT2D eigenvalue weighted by Gasteiger charge is 2.09. The molecule has 0 spiro atoms. The normalized spacial score (nSPS) is 11.7. The Bertz CT molecular complexity index is 164. The molecule has 0 aromatic heterocycles. The lowest BCUT2D eigenvalue weighted by molar-refractivity contribution is -0.123. The van der Waals surface area contributed by atoms with Gasteiger partial charge >= 0.3 is 0 Å². The summed E-state index contributed by atoms with van der Waals surface area (Å²) in [4.78, 5) is 10.9. The van der Waals surface area contributed by atoms with Crippen LogP contribution in [0.3, 0.4) is 0 Å². The highest BCUT2D eigenvalue weighted by Crippen LogP contribution is 1.96. The molecule has 0 aromatic carbocycles. The number of rotatable bonds is 4. The molecule has 3 nitrogen and oxygen atoms in total. The Balaban J connectivity index is 3.46. The lowest BCUT2D eigenvalue weighted by atomic mass is 10.2. The Labute approximate surface area is 71.3 Å². The minimum Gasteiger partial charge on any atom is -0.355 e. The van der Waals surface area contributed by atoms with Crippen LogP contribution in [0.5, 0.6) is 0 Å². The maximum atomic E-state index is 10.9. The summed E-state index contributed by atoms with van der Waals surface area (Å²) >= 11 is 5.43. The van der Waals surface area contributed by atoms with E-state index in [4.69, 9.17) is 16.9 Å². The molecule has 4 heteroatoms. The van der Waals surface area contributed by atoms with E-state index in [1.165, 1.54) is 0 Å². The van der Waals surface area contributed by atoms with E-state index >= 15 is 0 Å². The first-order chi connectivity index (χ1) is 5.22. The number of nitriles is 1. The Hall–Kier alpha value is -0.750. The number of hydrogen-bond acceptors (Lipinski definition) is 2. The number of nitrogens with one attached hydrogen (secondary N) is 1. The van der Waals surface area contributed by atoms with E-state index in [9.17, 15) is 4.79 Å². The zero-order valence-corrected chi connectivity index (χ0v) is 7.19. The molecule has 0 saturated heterocycles. The van der Waals surface area contributed by atoms with Gasteiger partial charge in [-0.05, 0) is 0 Å². The molecule has 0 bridgehead atoms. The van der Waals surface area contributed by atoms with Crippen LogP contribution in [0.2, 0.25) is 0 Å². The molecule has 1 N–H and O–H groups in total. The third-order valence-corrected chi connectivity index (χ3v) is 1.68. The summed E-state index contributed by atoms with van der Waals surface area (Å²) in [7, 11) is 0. The summed E-state index contributed by atoms with van der Waals surface area (Å²) in [6.07, 6.45) is 0.348. The van der Waals surface area contributed by atoms with Crippen molar-refractivity contribution in [2.75, 3.05) is 12.4 Å². The van der Waals surface area contributed by atoms with Crippen molar-refractivity contribution in [2.24, 2.45) is 5.92 Å². The van der Waals surface area contributed by atoms with Gasteiger partial charge in [-0.3, -0.25) is 4.79 Å². The van der Waals surface area contributed by atoms with Crippen molar-refractivity contribution < 1.29 is 4.79 Å². The number of hydrogen-bond donors (Lipinski definition) is 1. The number of amides is 1. The molecule has 0 aliphatic heterocycles. The van der Waals surface area contributed by atoms with E-state index in [1.54, 1.807) is 6.92 Å². The Kier molecular flexibility index (Phi) is 5.58. The van der Waals surface area contributed by atoms with E-state index in [1.807, 2.05) is 6.07 Å². The monoisotopic (exact) mass is 174 g/mol. The number of nitrogens with zero attached hydrogens (tertiary/aromatic N) is 1. The van der Waals surface area contributed by atoms with Gasteiger partial charge in [0.15, 0.2) is 0 Å². The molecule has 0 aromatic rings. The van der Waals surface area contributed by atoms with Crippen molar-refractivity contribution in [1.29, 1.82) is 5.26 Å². The summed E-state index contributed by atoms with van der Waals surface area (Å²) < 4.78 is 0. The molecule has 0 aliphatic carbocycles. The molecule has 0 aliphatic rings. The average Bonchev–Trinajstić information content (AvgIpc) is 2.03. The van der Waals surface area contributed by atoms with Gasteiger partial charge in [0, 0.05) is 18.3 Å². The molecule has 0 heterocycles. The Morgan fingerprint density at radius 2 is 2.45 bits per heavy atom. The first-order valence-electron chi connectivity index (χ1n) is 3.43. The van der Waals surface area contributed by atoms with Crippen molar-refractivity contribution in [3.05, 3.63) is 0 Å². The lowest BCUT2D eigenvalue weighted by Gasteiger charge is -2.06. The summed E-state index contributed by atoms with van der Waals surface area (Å²) in [5.74, 6) is 0.0591. The first kappa shape index (κ1) is 10.2. The summed E-state index contributed by atoms with van der Waals surface area (Å²) in [5, 5.41) is 10.7. The van der Waals surface area contributed by atoms with Crippen LogP contribution < -0.4 is 5.32 Å². The molecular weight excluding hydrogens is 164 g/mol. The van der Waals surface area contributed by atoms with Crippen molar-refractivity contribution in [1.82, 2.24) is 5.32 Å². The second kappa shape index (κ2) is 5.99. The van der Waals surface area contributed by atoms with Crippen molar-refractivity contribution >= 4 is 17.5 Å². The minimum absolute atomic E-state index is 0.0877. The standard InChI is InChI=1S/C7H11ClN2O/c1-6(5-8)7(11)10-4-2-3-9/h6H,2,4-5H2,1H3,(H,10,11). The average molecular weight is 175 g/mol. The highest BCUT2D eigenvalue weighted by molar-refractivity contribution is 6.19. The maximum Gasteiger partial charge on any atom is 0.224 e. The topological polar surface area (TPSA) is 52.9 Å². The molecule has 0 rings (SSSR count). The second-order valence-electron chi connectivity index (χ2n) is 2.25. The van der Waals surface area contributed by atoms with Gasteiger partial charge in [-0.2, -0.15) is 5.26 Å². The van der Waals surface area contributed by atoms with E-state index in [-0.39, 0.29) is 11.8 Å². The number of carbonyl (C=O) groups excluding carboxylic acids is 1. The molecule has 0 radical (unpaired) electrons. The summed E-state index contributed by atoms with van der Waals surface area (Å²) in [6, 6.07) is 1.93. The Morgan fingerprint density at radius 1 is 1.82 bits per heavy atom. The molecule has 0 saturated carbocycles. The third-order valence-electron chi connectivity index (χ3n) is 1.22. The van der Waals surface area contributed by atoms with Crippen LogP contribution >= 0.6 is 11.6 Å². The summed E-state index contributed by atoms with van der Waals surface area (Å²) in [5.41, 5.74) is 0. The first-order valence-corrected chi connectivity index (χ1v) is 3.96.